The van der Waals surface area contributed by atoms with E-state index in [1.807, 2.05) is 0 Å². The van der Waals surface area contributed by atoms with Gasteiger partial charge in [-0.25, -0.2) is 0 Å². The molecule has 0 aliphatic carbocycles. The van der Waals surface area contributed by atoms with E-state index in [1.165, 1.54) is 92.5 Å². The van der Waals surface area contributed by atoms with Gasteiger partial charge in [0.05, 0.1) is 0 Å². The first-order valence-corrected chi connectivity index (χ1v) is 16.9. The van der Waals surface area contributed by atoms with Crippen molar-refractivity contribution in [1.82, 2.24) is 0 Å². The minimum atomic E-state index is 0.897. The standard InChI is InChI=1S/C48H28O/c1-4-13-36-29(9-1)12-7-16-40(36)48-42-26-31(20-21-34(42)25-35-22-19-30-10-2-6-15-38(30)46(35)48)32-23-24-44-43(27-32)41-18-8-17-39-37-14-5-3-11-33(37)28-45(49-44)47(39)41/h1-28H. The van der Waals surface area contributed by atoms with Crippen molar-refractivity contribution in [2.75, 3.05) is 0 Å². The van der Waals surface area contributed by atoms with E-state index in [9.17, 15) is 0 Å². The predicted molar refractivity (Wildman–Crippen MR) is 208 cm³/mol. The second-order valence-corrected chi connectivity index (χ2v) is 13.2. The molecule has 11 rings (SSSR count). The Balaban J connectivity index is 1.18. The van der Waals surface area contributed by atoms with Gasteiger partial charge in [-0.15, -0.1) is 0 Å². The molecule has 1 heteroatoms. The molecule has 1 nitrogen and oxygen atoms in total. The maximum atomic E-state index is 6.63. The van der Waals surface area contributed by atoms with Gasteiger partial charge in [-0.2, -0.15) is 0 Å². The average Bonchev–Trinajstić information content (AvgIpc) is 3.16. The fourth-order valence-corrected chi connectivity index (χ4v) is 8.35. The lowest BCUT2D eigenvalue weighted by atomic mass is 9.86. The number of rotatable bonds is 2. The summed E-state index contributed by atoms with van der Waals surface area (Å²) in [5.41, 5.74) is 7.26. The SMILES string of the molecule is c1ccc2c(-c3c4cc(-c5ccc6c(c5)-c5cccc7c5c(cc5ccccc57)O6)ccc4cc4ccc5ccccc5c34)cccc2c1. The van der Waals surface area contributed by atoms with E-state index in [2.05, 4.69) is 170 Å². The highest BCUT2D eigenvalue weighted by molar-refractivity contribution is 6.24. The molecule has 0 saturated heterocycles. The van der Waals surface area contributed by atoms with Gasteiger partial charge in [0, 0.05) is 10.9 Å². The molecule has 0 fully saturated rings. The van der Waals surface area contributed by atoms with E-state index in [0.717, 1.165) is 17.1 Å². The summed E-state index contributed by atoms with van der Waals surface area (Å²) in [6, 6.07) is 62.2. The van der Waals surface area contributed by atoms with Gasteiger partial charge in [-0.05, 0) is 117 Å². The second-order valence-electron chi connectivity index (χ2n) is 13.2. The molecule has 226 valence electrons. The van der Waals surface area contributed by atoms with Gasteiger partial charge < -0.3 is 4.74 Å². The van der Waals surface area contributed by atoms with Crippen LogP contribution in [0.25, 0.3) is 98.0 Å². The van der Waals surface area contributed by atoms with Crippen molar-refractivity contribution < 1.29 is 4.74 Å². The molecular weight excluding hydrogens is 593 g/mol. The van der Waals surface area contributed by atoms with Crippen molar-refractivity contribution in [3.8, 4) is 44.9 Å². The number of hydrogen-bond acceptors (Lipinski definition) is 1. The molecule has 10 aromatic carbocycles. The Bertz CT molecular complexity index is 3020. The maximum Gasteiger partial charge on any atom is 0.136 e. The molecule has 1 heterocycles. The lowest BCUT2D eigenvalue weighted by Crippen LogP contribution is -1.98. The van der Waals surface area contributed by atoms with Crippen LogP contribution in [0.3, 0.4) is 0 Å². The van der Waals surface area contributed by atoms with E-state index in [4.69, 9.17) is 4.74 Å². The van der Waals surface area contributed by atoms with Crippen molar-refractivity contribution in [3.05, 3.63) is 170 Å². The van der Waals surface area contributed by atoms with Gasteiger partial charge in [0.15, 0.2) is 0 Å². The normalized spacial score (nSPS) is 12.2. The highest BCUT2D eigenvalue weighted by Crippen LogP contribution is 2.50. The Labute approximate surface area is 283 Å². The van der Waals surface area contributed by atoms with Crippen LogP contribution in [-0.4, -0.2) is 0 Å². The van der Waals surface area contributed by atoms with Crippen molar-refractivity contribution in [1.29, 1.82) is 0 Å². The molecule has 1 aliphatic rings. The zero-order chi connectivity index (χ0) is 32.1. The first-order valence-electron chi connectivity index (χ1n) is 16.9. The predicted octanol–water partition coefficient (Wildman–Crippen LogP) is 13.7. The molecule has 0 amide bonds. The molecule has 0 bridgehead atoms. The van der Waals surface area contributed by atoms with Gasteiger partial charge in [-0.1, -0.05) is 140 Å². The monoisotopic (exact) mass is 620 g/mol. The quantitative estimate of drug-likeness (QED) is 0.138. The summed E-state index contributed by atoms with van der Waals surface area (Å²) in [4.78, 5) is 0. The number of fused-ring (bicyclic) bond motifs is 9. The van der Waals surface area contributed by atoms with Crippen molar-refractivity contribution >= 4 is 64.6 Å². The van der Waals surface area contributed by atoms with Crippen molar-refractivity contribution in [3.63, 3.8) is 0 Å². The minimum absolute atomic E-state index is 0.897. The highest BCUT2D eigenvalue weighted by atomic mass is 16.5. The van der Waals surface area contributed by atoms with E-state index in [1.54, 1.807) is 0 Å². The molecule has 0 unspecified atom stereocenters. The van der Waals surface area contributed by atoms with Crippen LogP contribution in [0.5, 0.6) is 11.5 Å². The van der Waals surface area contributed by atoms with Crippen LogP contribution >= 0.6 is 0 Å². The van der Waals surface area contributed by atoms with Gasteiger partial charge in [0.25, 0.3) is 0 Å². The zero-order valence-electron chi connectivity index (χ0n) is 26.6. The van der Waals surface area contributed by atoms with Crippen LogP contribution in [0.4, 0.5) is 0 Å². The number of hydrogen-bond donors (Lipinski definition) is 0. The van der Waals surface area contributed by atoms with Crippen LogP contribution in [0, 0.1) is 0 Å². The molecule has 10 aromatic rings. The first kappa shape index (κ1) is 26.6. The Morgan fingerprint density at radius 1 is 0.286 bits per heavy atom. The molecular formula is C48H28O. The molecule has 0 spiro atoms. The first-order chi connectivity index (χ1) is 24.3. The van der Waals surface area contributed by atoms with Crippen LogP contribution in [0.1, 0.15) is 0 Å². The van der Waals surface area contributed by atoms with Gasteiger partial charge >= 0.3 is 0 Å². The van der Waals surface area contributed by atoms with Gasteiger partial charge in [-0.3, -0.25) is 0 Å². The Kier molecular flexibility index (Phi) is 5.45. The Hall–Kier alpha value is -6.44. The Morgan fingerprint density at radius 2 is 0.898 bits per heavy atom. The van der Waals surface area contributed by atoms with Crippen molar-refractivity contribution in [2.45, 2.75) is 0 Å². The van der Waals surface area contributed by atoms with Gasteiger partial charge in [0.2, 0.25) is 0 Å². The third-order valence-corrected chi connectivity index (χ3v) is 10.6. The van der Waals surface area contributed by atoms with Crippen LogP contribution in [0.2, 0.25) is 0 Å². The van der Waals surface area contributed by atoms with E-state index in [-0.39, 0.29) is 0 Å². The molecule has 0 radical (unpaired) electrons. The summed E-state index contributed by atoms with van der Waals surface area (Å²) in [6.07, 6.45) is 0. The van der Waals surface area contributed by atoms with E-state index in [0.29, 0.717) is 0 Å². The fraction of sp³-hybridized carbons (Fsp3) is 0. The third kappa shape index (κ3) is 3.87. The summed E-state index contributed by atoms with van der Waals surface area (Å²) in [5.74, 6) is 1.82. The molecule has 0 aromatic heterocycles. The molecule has 1 aliphatic heterocycles. The fourth-order valence-electron chi connectivity index (χ4n) is 8.35. The van der Waals surface area contributed by atoms with Crippen molar-refractivity contribution in [2.24, 2.45) is 0 Å². The van der Waals surface area contributed by atoms with Crippen LogP contribution in [-0.2, 0) is 0 Å². The minimum Gasteiger partial charge on any atom is -0.456 e. The van der Waals surface area contributed by atoms with E-state index < -0.39 is 0 Å². The number of ether oxygens (including phenoxy) is 1. The van der Waals surface area contributed by atoms with Crippen LogP contribution in [0.15, 0.2) is 170 Å². The summed E-state index contributed by atoms with van der Waals surface area (Å²) >= 11 is 0. The van der Waals surface area contributed by atoms with Crippen LogP contribution < -0.4 is 4.74 Å². The summed E-state index contributed by atoms with van der Waals surface area (Å²) in [6.45, 7) is 0. The zero-order valence-corrected chi connectivity index (χ0v) is 26.6. The summed E-state index contributed by atoms with van der Waals surface area (Å²) in [7, 11) is 0. The smallest absolute Gasteiger partial charge is 0.136 e. The molecule has 0 atom stereocenters. The maximum absolute atomic E-state index is 6.63. The lowest BCUT2D eigenvalue weighted by Gasteiger charge is -2.23. The van der Waals surface area contributed by atoms with Gasteiger partial charge in [0.1, 0.15) is 11.5 Å². The average molecular weight is 621 g/mol. The summed E-state index contributed by atoms with van der Waals surface area (Å²) < 4.78 is 6.63. The molecule has 0 N–H and O–H groups in total. The van der Waals surface area contributed by atoms with E-state index >= 15 is 0 Å². The number of benzene rings is 10. The topological polar surface area (TPSA) is 9.23 Å². The highest BCUT2D eigenvalue weighted by Gasteiger charge is 2.22. The third-order valence-electron chi connectivity index (χ3n) is 10.6. The second kappa shape index (κ2) is 10.0. The molecule has 0 saturated carbocycles. The molecule has 49 heavy (non-hydrogen) atoms. The largest absolute Gasteiger partial charge is 0.456 e. The summed E-state index contributed by atoms with van der Waals surface area (Å²) in [5, 5.41) is 15.0. The lowest BCUT2D eigenvalue weighted by molar-refractivity contribution is 0.488. The Morgan fingerprint density at radius 3 is 1.80 bits per heavy atom.